The molecule has 0 heterocycles. The first-order chi connectivity index (χ1) is 6.69. The molecule has 0 aliphatic heterocycles. The van der Waals surface area contributed by atoms with E-state index in [1.165, 1.54) is 32.1 Å². The first kappa shape index (κ1) is 10.1. The zero-order chi connectivity index (χ0) is 11.1. The Balaban J connectivity index is 2.12. The average molecular weight is 208 g/mol. The smallest absolute Gasteiger partial charge is 0.0648 e. The maximum absolute atomic E-state index is 10.6. The van der Waals surface area contributed by atoms with Crippen LogP contribution in [-0.2, 0) is 0 Å². The van der Waals surface area contributed by atoms with Gasteiger partial charge in [-0.15, -0.1) is 0 Å². The van der Waals surface area contributed by atoms with E-state index in [1.54, 1.807) is 0 Å². The first-order valence-electron chi connectivity index (χ1n) is 6.37. The summed E-state index contributed by atoms with van der Waals surface area (Å²) in [5.41, 5.74) is 1.42. The van der Waals surface area contributed by atoms with E-state index < -0.39 is 0 Å². The van der Waals surface area contributed by atoms with E-state index in [0.717, 1.165) is 0 Å². The van der Waals surface area contributed by atoms with Crippen molar-refractivity contribution in [3.8, 4) is 0 Å². The third kappa shape index (κ3) is 1.13. The molecule has 0 aromatic heterocycles. The van der Waals surface area contributed by atoms with Crippen molar-refractivity contribution in [2.75, 3.05) is 0 Å². The second-order valence-corrected chi connectivity index (χ2v) is 8.22. The molecule has 15 heavy (non-hydrogen) atoms. The third-order valence-corrected chi connectivity index (χ3v) is 5.50. The molecule has 86 valence electrons. The maximum Gasteiger partial charge on any atom is 0.0648 e. The normalized spacial score (nSPS) is 67.4. The summed E-state index contributed by atoms with van der Waals surface area (Å²) in [5, 5.41) is 10.6. The minimum Gasteiger partial charge on any atom is -0.392 e. The number of aliphatic hydroxyl groups is 1. The minimum atomic E-state index is -0.0635. The van der Waals surface area contributed by atoms with Crippen LogP contribution in [-0.4, -0.2) is 11.2 Å². The Bertz CT molecular complexity index is 275. The van der Waals surface area contributed by atoms with E-state index in [1.807, 2.05) is 0 Å². The van der Waals surface area contributed by atoms with Gasteiger partial charge in [0.1, 0.15) is 0 Å². The first-order valence-corrected chi connectivity index (χ1v) is 6.37. The molecule has 0 radical (unpaired) electrons. The quantitative estimate of drug-likeness (QED) is 0.647. The highest BCUT2D eigenvalue weighted by molar-refractivity contribution is 5.16. The predicted molar refractivity (Wildman–Crippen MR) is 61.5 cm³/mol. The summed E-state index contributed by atoms with van der Waals surface area (Å²) in [6, 6.07) is 0. The van der Waals surface area contributed by atoms with Crippen LogP contribution in [0.15, 0.2) is 0 Å². The lowest BCUT2D eigenvalue weighted by atomic mass is 9.36. The highest BCUT2D eigenvalue weighted by atomic mass is 16.3. The second-order valence-electron chi connectivity index (χ2n) is 8.22. The molecule has 1 heteroatoms. The molecular weight excluding hydrogens is 184 g/mol. The molecule has 1 nitrogen and oxygen atoms in total. The molecule has 4 aliphatic rings. The van der Waals surface area contributed by atoms with Gasteiger partial charge >= 0.3 is 0 Å². The molecular formula is C14H24O. The Morgan fingerprint density at radius 1 is 0.733 bits per heavy atom. The lowest BCUT2D eigenvalue weighted by Crippen LogP contribution is -2.65. The number of aliphatic hydroxyl groups excluding tert-OH is 1. The van der Waals surface area contributed by atoms with Crippen molar-refractivity contribution in [2.24, 2.45) is 21.7 Å². The summed E-state index contributed by atoms with van der Waals surface area (Å²) < 4.78 is 0. The zero-order valence-corrected chi connectivity index (χ0v) is 10.6. The average Bonchev–Trinajstić information content (AvgIpc) is 1.93. The minimum absolute atomic E-state index is 0.0635. The van der Waals surface area contributed by atoms with Crippen molar-refractivity contribution in [3.63, 3.8) is 0 Å². The van der Waals surface area contributed by atoms with Gasteiger partial charge in [0.05, 0.1) is 6.10 Å². The Morgan fingerprint density at radius 2 is 1.07 bits per heavy atom. The SMILES string of the molecule is CC12CC3(C)CC(C)(C1)C(O)C(C)(C2)C3. The molecule has 0 unspecified atom stereocenters. The molecule has 0 atom stereocenters. The molecule has 0 saturated heterocycles. The van der Waals surface area contributed by atoms with Gasteiger partial charge in [0.25, 0.3) is 0 Å². The summed E-state index contributed by atoms with van der Waals surface area (Å²) in [6.07, 6.45) is 6.29. The Morgan fingerprint density at radius 3 is 1.40 bits per heavy atom. The molecule has 4 rings (SSSR count). The largest absolute Gasteiger partial charge is 0.392 e. The van der Waals surface area contributed by atoms with Gasteiger partial charge in [0, 0.05) is 0 Å². The van der Waals surface area contributed by atoms with Crippen LogP contribution in [0.4, 0.5) is 0 Å². The Labute approximate surface area is 93.3 Å². The summed E-state index contributed by atoms with van der Waals surface area (Å²) in [5.74, 6) is 0. The van der Waals surface area contributed by atoms with Crippen molar-refractivity contribution < 1.29 is 5.11 Å². The van der Waals surface area contributed by atoms with Crippen LogP contribution in [0.25, 0.3) is 0 Å². The summed E-state index contributed by atoms with van der Waals surface area (Å²) in [4.78, 5) is 0. The van der Waals surface area contributed by atoms with Gasteiger partial charge in [0.15, 0.2) is 0 Å². The van der Waals surface area contributed by atoms with E-state index >= 15 is 0 Å². The lowest BCUT2D eigenvalue weighted by molar-refractivity contribution is -0.246. The van der Waals surface area contributed by atoms with E-state index in [-0.39, 0.29) is 16.9 Å². The molecule has 0 spiro atoms. The van der Waals surface area contributed by atoms with Crippen LogP contribution in [0, 0.1) is 21.7 Å². The number of hydrogen-bond donors (Lipinski definition) is 1. The fourth-order valence-corrected chi connectivity index (χ4v) is 6.66. The van der Waals surface area contributed by atoms with E-state index in [9.17, 15) is 5.11 Å². The van der Waals surface area contributed by atoms with Crippen molar-refractivity contribution in [1.82, 2.24) is 0 Å². The molecule has 0 amide bonds. The topological polar surface area (TPSA) is 20.2 Å². The van der Waals surface area contributed by atoms with Gasteiger partial charge < -0.3 is 5.11 Å². The standard InChI is InChI=1S/C14H24O/c1-11-5-12(2)8-13(3,6-11)10(15)14(4,7-11)9-12/h10,15H,5-9H2,1-4H3. The third-order valence-electron chi connectivity index (χ3n) is 5.50. The summed E-state index contributed by atoms with van der Waals surface area (Å²) in [6.45, 7) is 9.55. The predicted octanol–water partition coefficient (Wildman–Crippen LogP) is 3.36. The number of hydrogen-bond acceptors (Lipinski definition) is 1. The fraction of sp³-hybridized carbons (Fsp3) is 1.00. The fourth-order valence-electron chi connectivity index (χ4n) is 6.66. The van der Waals surface area contributed by atoms with Crippen LogP contribution in [0.3, 0.4) is 0 Å². The van der Waals surface area contributed by atoms with Crippen LogP contribution in [0.2, 0.25) is 0 Å². The molecule has 4 aliphatic carbocycles. The van der Waals surface area contributed by atoms with Gasteiger partial charge in [-0.05, 0) is 53.8 Å². The highest BCUT2D eigenvalue weighted by Gasteiger charge is 2.66. The molecule has 4 saturated carbocycles. The molecule has 4 fully saturated rings. The molecule has 1 N–H and O–H groups in total. The van der Waals surface area contributed by atoms with Gasteiger partial charge in [-0.2, -0.15) is 0 Å². The van der Waals surface area contributed by atoms with Crippen molar-refractivity contribution in [1.29, 1.82) is 0 Å². The van der Waals surface area contributed by atoms with Crippen molar-refractivity contribution >= 4 is 0 Å². The van der Waals surface area contributed by atoms with Gasteiger partial charge in [-0.1, -0.05) is 27.7 Å². The van der Waals surface area contributed by atoms with Gasteiger partial charge in [0.2, 0.25) is 0 Å². The van der Waals surface area contributed by atoms with E-state index in [4.69, 9.17) is 0 Å². The van der Waals surface area contributed by atoms with Crippen LogP contribution in [0.5, 0.6) is 0 Å². The Kier molecular flexibility index (Phi) is 1.55. The molecule has 0 aromatic carbocycles. The van der Waals surface area contributed by atoms with Gasteiger partial charge in [-0.25, -0.2) is 0 Å². The summed E-state index contributed by atoms with van der Waals surface area (Å²) >= 11 is 0. The molecule has 4 bridgehead atoms. The monoisotopic (exact) mass is 208 g/mol. The highest BCUT2D eigenvalue weighted by Crippen LogP contribution is 2.73. The number of rotatable bonds is 0. The zero-order valence-electron chi connectivity index (χ0n) is 10.6. The van der Waals surface area contributed by atoms with Crippen molar-refractivity contribution in [2.45, 2.75) is 65.9 Å². The van der Waals surface area contributed by atoms with Crippen molar-refractivity contribution in [3.05, 3.63) is 0 Å². The van der Waals surface area contributed by atoms with Gasteiger partial charge in [-0.3, -0.25) is 0 Å². The Hall–Kier alpha value is -0.0400. The lowest BCUT2D eigenvalue weighted by Gasteiger charge is -2.70. The van der Waals surface area contributed by atoms with Crippen LogP contribution >= 0.6 is 0 Å². The second kappa shape index (κ2) is 2.30. The van der Waals surface area contributed by atoms with E-state index in [2.05, 4.69) is 27.7 Å². The van der Waals surface area contributed by atoms with E-state index in [0.29, 0.717) is 10.8 Å². The summed E-state index contributed by atoms with van der Waals surface area (Å²) in [7, 11) is 0. The maximum atomic E-state index is 10.6. The molecule has 0 aromatic rings. The van der Waals surface area contributed by atoms with Crippen LogP contribution in [0.1, 0.15) is 59.8 Å². The van der Waals surface area contributed by atoms with Crippen LogP contribution < -0.4 is 0 Å².